The summed E-state index contributed by atoms with van der Waals surface area (Å²) in [6, 6.07) is 12.5. The van der Waals surface area contributed by atoms with Gasteiger partial charge in [0.15, 0.2) is 11.5 Å². The average molecular weight is 406 g/mol. The minimum absolute atomic E-state index is 0.104. The maximum absolute atomic E-state index is 12.8. The van der Waals surface area contributed by atoms with Gasteiger partial charge in [0.05, 0.1) is 5.92 Å². The molecule has 1 aromatic heterocycles. The molecule has 1 atom stereocenters. The summed E-state index contributed by atoms with van der Waals surface area (Å²) in [5, 5.41) is 16.7. The second-order valence-corrected chi connectivity index (χ2v) is 7.04. The molecule has 2 aliphatic heterocycles. The third-order valence-electron chi connectivity index (χ3n) is 5.07. The number of ether oxygens (including phenoxy) is 2. The number of nitrogens with zero attached hydrogens (tertiary/aromatic N) is 4. The van der Waals surface area contributed by atoms with Crippen LogP contribution in [0, 0.1) is 5.92 Å². The molecule has 0 radical (unpaired) electrons. The van der Waals surface area contributed by atoms with Crippen molar-refractivity contribution in [3.8, 4) is 22.9 Å². The molecule has 152 valence electrons. The first-order valence-corrected chi connectivity index (χ1v) is 9.52. The zero-order chi connectivity index (χ0) is 20.5. The Labute approximate surface area is 171 Å². The van der Waals surface area contributed by atoms with E-state index >= 15 is 0 Å². The Balaban J connectivity index is 1.29. The van der Waals surface area contributed by atoms with Crippen LogP contribution in [0.5, 0.6) is 11.5 Å². The molecule has 10 nitrogen and oxygen atoms in total. The van der Waals surface area contributed by atoms with Gasteiger partial charge in [-0.25, -0.2) is 0 Å². The molecule has 5 rings (SSSR count). The number of nitrogens with one attached hydrogen (secondary N) is 2. The van der Waals surface area contributed by atoms with Crippen LogP contribution in [0.1, 0.15) is 6.42 Å². The highest BCUT2D eigenvalue weighted by Gasteiger charge is 2.35. The summed E-state index contributed by atoms with van der Waals surface area (Å²) in [4.78, 5) is 27.0. The summed E-state index contributed by atoms with van der Waals surface area (Å²) in [6.07, 6.45) is 0.144. The largest absolute Gasteiger partial charge is 0.486 e. The molecule has 2 amide bonds. The molecule has 0 unspecified atom stereocenters. The van der Waals surface area contributed by atoms with E-state index in [-0.39, 0.29) is 18.2 Å². The lowest BCUT2D eigenvalue weighted by molar-refractivity contribution is -0.122. The number of rotatable bonds is 4. The van der Waals surface area contributed by atoms with E-state index in [9.17, 15) is 9.59 Å². The summed E-state index contributed by atoms with van der Waals surface area (Å²) < 4.78 is 11.1. The van der Waals surface area contributed by atoms with Gasteiger partial charge in [0, 0.05) is 36.0 Å². The quantitative estimate of drug-likeness (QED) is 0.675. The number of benzene rings is 2. The van der Waals surface area contributed by atoms with Crippen molar-refractivity contribution in [1.29, 1.82) is 0 Å². The first-order chi connectivity index (χ1) is 14.7. The Morgan fingerprint density at radius 3 is 2.83 bits per heavy atom. The lowest BCUT2D eigenvalue weighted by Gasteiger charge is -2.22. The Bertz CT molecular complexity index is 1100. The van der Waals surface area contributed by atoms with Gasteiger partial charge in [0.1, 0.15) is 13.2 Å². The van der Waals surface area contributed by atoms with E-state index in [1.807, 2.05) is 6.07 Å². The number of aromatic nitrogens is 4. The van der Waals surface area contributed by atoms with Crippen LogP contribution in [-0.2, 0) is 9.59 Å². The summed E-state index contributed by atoms with van der Waals surface area (Å²) >= 11 is 0. The first-order valence-electron chi connectivity index (χ1n) is 9.52. The smallest absolute Gasteiger partial charge is 0.229 e. The molecule has 2 aromatic carbocycles. The molecule has 3 heterocycles. The van der Waals surface area contributed by atoms with Crippen molar-refractivity contribution in [2.75, 3.05) is 30.0 Å². The fraction of sp³-hybridized carbons (Fsp3) is 0.250. The molecule has 2 aliphatic rings. The lowest BCUT2D eigenvalue weighted by atomic mass is 10.1. The molecule has 0 aliphatic carbocycles. The van der Waals surface area contributed by atoms with Gasteiger partial charge in [-0.3, -0.25) is 9.59 Å². The van der Waals surface area contributed by atoms with Crippen molar-refractivity contribution in [3.05, 3.63) is 42.5 Å². The highest BCUT2D eigenvalue weighted by atomic mass is 16.6. The fourth-order valence-electron chi connectivity index (χ4n) is 3.60. The number of aromatic amines is 1. The van der Waals surface area contributed by atoms with Crippen LogP contribution in [-0.4, -0.2) is 52.2 Å². The van der Waals surface area contributed by atoms with E-state index in [0.29, 0.717) is 48.5 Å². The number of carbonyl (C=O) groups is 2. The standard InChI is InChI=1S/C20H18N6O4/c27-18-9-13(11-26(18)15-4-5-16-17(10-15)30-7-6-29-16)20(28)21-14-3-1-2-12(8-14)19-22-24-25-23-19/h1-5,8,10,13H,6-7,9,11H2,(H,21,28)(H,22,23,24,25)/t13-/m0/s1. The minimum Gasteiger partial charge on any atom is -0.486 e. The molecular weight excluding hydrogens is 388 g/mol. The van der Waals surface area contributed by atoms with E-state index in [4.69, 9.17) is 9.47 Å². The summed E-state index contributed by atoms with van der Waals surface area (Å²) in [6.45, 7) is 1.28. The summed E-state index contributed by atoms with van der Waals surface area (Å²) in [7, 11) is 0. The molecule has 0 bridgehead atoms. The number of anilines is 2. The molecule has 0 spiro atoms. The predicted octanol–water partition coefficient (Wildman–Crippen LogP) is 1.63. The van der Waals surface area contributed by atoms with Crippen molar-refractivity contribution >= 4 is 23.2 Å². The van der Waals surface area contributed by atoms with Crippen LogP contribution in [0.25, 0.3) is 11.4 Å². The number of carbonyl (C=O) groups excluding carboxylic acids is 2. The van der Waals surface area contributed by atoms with Gasteiger partial charge < -0.3 is 19.7 Å². The van der Waals surface area contributed by atoms with Gasteiger partial charge in [-0.1, -0.05) is 12.1 Å². The SMILES string of the molecule is O=C(Nc1cccc(-c2nn[nH]n2)c1)[C@H]1CC(=O)N(c2ccc3c(c2)OCCO3)C1. The van der Waals surface area contributed by atoms with Crippen LogP contribution in [0.15, 0.2) is 42.5 Å². The maximum atomic E-state index is 12.8. The molecule has 10 heteroatoms. The van der Waals surface area contributed by atoms with Gasteiger partial charge in [0.25, 0.3) is 0 Å². The Morgan fingerprint density at radius 1 is 1.13 bits per heavy atom. The Kier molecular flexibility index (Phi) is 4.51. The van der Waals surface area contributed by atoms with Gasteiger partial charge >= 0.3 is 0 Å². The summed E-state index contributed by atoms with van der Waals surface area (Å²) in [5.74, 6) is 0.928. The van der Waals surface area contributed by atoms with Crippen molar-refractivity contribution in [2.24, 2.45) is 5.92 Å². The zero-order valence-electron chi connectivity index (χ0n) is 15.9. The lowest BCUT2D eigenvalue weighted by Crippen LogP contribution is -2.28. The number of fused-ring (bicyclic) bond motifs is 1. The second kappa shape index (κ2) is 7.47. The van der Waals surface area contributed by atoms with Crippen LogP contribution >= 0.6 is 0 Å². The highest BCUT2D eigenvalue weighted by Crippen LogP contribution is 2.36. The fourth-order valence-corrected chi connectivity index (χ4v) is 3.60. The number of H-pyrrole nitrogens is 1. The maximum Gasteiger partial charge on any atom is 0.229 e. The van der Waals surface area contributed by atoms with Crippen LogP contribution in [0.3, 0.4) is 0 Å². The monoisotopic (exact) mass is 406 g/mol. The van der Waals surface area contributed by atoms with Crippen molar-refractivity contribution < 1.29 is 19.1 Å². The molecule has 3 aromatic rings. The zero-order valence-corrected chi connectivity index (χ0v) is 15.9. The molecule has 1 fully saturated rings. The third kappa shape index (κ3) is 3.43. The number of amides is 2. The van der Waals surface area contributed by atoms with Crippen LogP contribution in [0.4, 0.5) is 11.4 Å². The molecule has 2 N–H and O–H groups in total. The Hall–Kier alpha value is -3.95. The van der Waals surface area contributed by atoms with Gasteiger partial charge in [-0.15, -0.1) is 10.2 Å². The predicted molar refractivity (Wildman–Crippen MR) is 106 cm³/mol. The van der Waals surface area contributed by atoms with Crippen molar-refractivity contribution in [2.45, 2.75) is 6.42 Å². The number of hydrogen-bond donors (Lipinski definition) is 2. The normalized spacial score (nSPS) is 17.8. The van der Waals surface area contributed by atoms with E-state index in [1.165, 1.54) is 0 Å². The highest BCUT2D eigenvalue weighted by molar-refractivity contribution is 6.03. The van der Waals surface area contributed by atoms with E-state index in [1.54, 1.807) is 41.3 Å². The third-order valence-corrected chi connectivity index (χ3v) is 5.07. The molecular formula is C20H18N6O4. The minimum atomic E-state index is -0.459. The molecule has 30 heavy (non-hydrogen) atoms. The van der Waals surface area contributed by atoms with Gasteiger partial charge in [-0.05, 0) is 29.5 Å². The van der Waals surface area contributed by atoms with Crippen molar-refractivity contribution in [1.82, 2.24) is 20.6 Å². The first kappa shape index (κ1) is 18.1. The van der Waals surface area contributed by atoms with E-state index in [0.717, 1.165) is 5.56 Å². The number of hydrogen-bond acceptors (Lipinski definition) is 7. The van der Waals surface area contributed by atoms with Crippen LogP contribution < -0.4 is 19.7 Å². The number of tetrazole rings is 1. The Morgan fingerprint density at radius 2 is 2.00 bits per heavy atom. The topological polar surface area (TPSA) is 122 Å². The van der Waals surface area contributed by atoms with Crippen molar-refractivity contribution in [3.63, 3.8) is 0 Å². The average Bonchev–Trinajstić information content (AvgIpc) is 3.44. The second-order valence-electron chi connectivity index (χ2n) is 7.04. The van der Waals surface area contributed by atoms with Crippen LogP contribution in [0.2, 0.25) is 0 Å². The summed E-state index contributed by atoms with van der Waals surface area (Å²) in [5.41, 5.74) is 2.02. The van der Waals surface area contributed by atoms with E-state index in [2.05, 4.69) is 25.9 Å². The van der Waals surface area contributed by atoms with Gasteiger partial charge in [0.2, 0.25) is 17.6 Å². The van der Waals surface area contributed by atoms with E-state index < -0.39 is 5.92 Å². The molecule has 0 saturated carbocycles. The van der Waals surface area contributed by atoms with Gasteiger partial charge in [-0.2, -0.15) is 5.21 Å². The molecule has 1 saturated heterocycles.